The van der Waals surface area contributed by atoms with E-state index in [0.29, 0.717) is 6.54 Å². The van der Waals surface area contributed by atoms with Crippen molar-refractivity contribution in [2.75, 3.05) is 7.05 Å². The van der Waals surface area contributed by atoms with Crippen molar-refractivity contribution in [3.8, 4) is 0 Å². The standard InChI is InChI=1S/C13H16BrN5O/c1-18(8-11-7-16-17-19(11)2)12(13(15)20)9-4-3-5-10(14)6-9/h3-7,12H,8H2,1-2H3,(H2,15,20)/t12-/m0/s1. The van der Waals surface area contributed by atoms with Crippen LogP contribution < -0.4 is 5.73 Å². The van der Waals surface area contributed by atoms with Crippen molar-refractivity contribution < 1.29 is 4.79 Å². The van der Waals surface area contributed by atoms with Crippen LogP contribution in [0.4, 0.5) is 0 Å². The Morgan fingerprint density at radius 1 is 1.55 bits per heavy atom. The maximum absolute atomic E-state index is 11.8. The van der Waals surface area contributed by atoms with E-state index in [0.717, 1.165) is 15.7 Å². The monoisotopic (exact) mass is 337 g/mol. The van der Waals surface area contributed by atoms with E-state index >= 15 is 0 Å². The maximum atomic E-state index is 11.8. The molecule has 0 aliphatic rings. The van der Waals surface area contributed by atoms with E-state index in [1.165, 1.54) is 0 Å². The number of nitrogens with two attached hydrogens (primary N) is 1. The number of hydrogen-bond donors (Lipinski definition) is 1. The van der Waals surface area contributed by atoms with Gasteiger partial charge in [-0.3, -0.25) is 14.4 Å². The normalized spacial score (nSPS) is 12.6. The number of carbonyl (C=O) groups excluding carboxylic acids is 1. The number of likely N-dealkylation sites (N-methyl/N-ethyl adjacent to an activating group) is 1. The molecule has 1 aromatic carbocycles. The molecule has 7 heteroatoms. The van der Waals surface area contributed by atoms with Crippen molar-refractivity contribution in [1.82, 2.24) is 19.9 Å². The van der Waals surface area contributed by atoms with Gasteiger partial charge in [0.2, 0.25) is 5.91 Å². The molecule has 1 aromatic heterocycles. The summed E-state index contributed by atoms with van der Waals surface area (Å²) < 4.78 is 2.59. The van der Waals surface area contributed by atoms with Gasteiger partial charge in [0.1, 0.15) is 6.04 Å². The van der Waals surface area contributed by atoms with Crippen LogP contribution in [0.15, 0.2) is 34.9 Å². The lowest BCUT2D eigenvalue weighted by atomic mass is 10.1. The summed E-state index contributed by atoms with van der Waals surface area (Å²) in [6.07, 6.45) is 1.68. The smallest absolute Gasteiger partial charge is 0.239 e. The van der Waals surface area contributed by atoms with Crippen LogP contribution in [-0.2, 0) is 18.4 Å². The molecule has 0 aliphatic heterocycles. The molecule has 6 nitrogen and oxygen atoms in total. The molecular weight excluding hydrogens is 322 g/mol. The zero-order valence-corrected chi connectivity index (χ0v) is 12.9. The van der Waals surface area contributed by atoms with Gasteiger partial charge in [-0.2, -0.15) is 0 Å². The first kappa shape index (κ1) is 14.7. The number of carbonyl (C=O) groups is 1. The third-order valence-corrected chi connectivity index (χ3v) is 3.59. The minimum absolute atomic E-state index is 0.388. The predicted octanol–water partition coefficient (Wildman–Crippen LogP) is 1.24. The molecule has 1 atom stereocenters. The Morgan fingerprint density at radius 2 is 2.30 bits per heavy atom. The van der Waals surface area contributed by atoms with Gasteiger partial charge in [0.25, 0.3) is 0 Å². The first-order valence-electron chi connectivity index (χ1n) is 6.07. The molecular formula is C13H16BrN5O. The minimum Gasteiger partial charge on any atom is -0.368 e. The van der Waals surface area contributed by atoms with Gasteiger partial charge in [0.15, 0.2) is 0 Å². The average molecular weight is 338 g/mol. The minimum atomic E-state index is -0.498. The lowest BCUT2D eigenvalue weighted by Crippen LogP contribution is -2.35. The number of aromatic nitrogens is 3. The van der Waals surface area contributed by atoms with E-state index in [-0.39, 0.29) is 5.91 Å². The summed E-state index contributed by atoms with van der Waals surface area (Å²) in [5, 5.41) is 7.71. The maximum Gasteiger partial charge on any atom is 0.239 e. The highest BCUT2D eigenvalue weighted by Gasteiger charge is 2.23. The summed E-state index contributed by atoms with van der Waals surface area (Å²) in [5.41, 5.74) is 7.32. The van der Waals surface area contributed by atoms with E-state index in [2.05, 4.69) is 26.2 Å². The first-order valence-corrected chi connectivity index (χ1v) is 6.87. The summed E-state index contributed by atoms with van der Waals surface area (Å²) in [6, 6.07) is 7.08. The summed E-state index contributed by atoms with van der Waals surface area (Å²) >= 11 is 3.41. The molecule has 2 N–H and O–H groups in total. The molecule has 0 saturated heterocycles. The van der Waals surface area contributed by atoms with E-state index in [9.17, 15) is 4.79 Å². The summed E-state index contributed by atoms with van der Waals surface area (Å²) in [7, 11) is 3.66. The van der Waals surface area contributed by atoms with E-state index in [1.54, 1.807) is 10.9 Å². The molecule has 2 rings (SSSR count). The topological polar surface area (TPSA) is 77.0 Å². The number of primary amides is 1. The highest BCUT2D eigenvalue weighted by Crippen LogP contribution is 2.23. The lowest BCUT2D eigenvalue weighted by Gasteiger charge is -2.25. The third kappa shape index (κ3) is 3.23. The highest BCUT2D eigenvalue weighted by atomic mass is 79.9. The number of hydrogen-bond acceptors (Lipinski definition) is 4. The molecule has 106 valence electrons. The largest absolute Gasteiger partial charge is 0.368 e. The molecule has 0 spiro atoms. The second-order valence-corrected chi connectivity index (χ2v) is 5.54. The van der Waals surface area contributed by atoms with Crippen LogP contribution in [0.3, 0.4) is 0 Å². The van der Waals surface area contributed by atoms with Gasteiger partial charge in [-0.05, 0) is 24.7 Å². The quantitative estimate of drug-likeness (QED) is 0.890. The van der Waals surface area contributed by atoms with Gasteiger partial charge in [-0.25, -0.2) is 0 Å². The number of rotatable bonds is 5. The van der Waals surface area contributed by atoms with E-state index < -0.39 is 6.04 Å². The Labute approximate surface area is 125 Å². The fourth-order valence-electron chi connectivity index (χ4n) is 2.11. The number of nitrogens with zero attached hydrogens (tertiary/aromatic N) is 4. The molecule has 2 aromatic rings. The number of aryl methyl sites for hydroxylation is 1. The third-order valence-electron chi connectivity index (χ3n) is 3.09. The molecule has 1 heterocycles. The van der Waals surface area contributed by atoms with Crippen LogP contribution in [0.1, 0.15) is 17.3 Å². The number of benzene rings is 1. The fourth-order valence-corrected chi connectivity index (χ4v) is 2.53. The van der Waals surface area contributed by atoms with Crippen molar-refractivity contribution in [2.45, 2.75) is 12.6 Å². The predicted molar refractivity (Wildman–Crippen MR) is 78.5 cm³/mol. The van der Waals surface area contributed by atoms with Gasteiger partial charge in [0, 0.05) is 18.1 Å². The molecule has 20 heavy (non-hydrogen) atoms. The SMILES string of the molecule is CN(Cc1cnnn1C)[C@H](C(N)=O)c1cccc(Br)c1. The Hall–Kier alpha value is -1.73. The number of amides is 1. The van der Waals surface area contributed by atoms with Crippen LogP contribution in [0, 0.1) is 0 Å². The number of halogens is 1. The summed E-state index contributed by atoms with van der Waals surface area (Å²) in [6.45, 7) is 0.531. The van der Waals surface area contributed by atoms with Gasteiger partial charge in [-0.1, -0.05) is 33.3 Å². The molecule has 0 unspecified atom stereocenters. The Morgan fingerprint density at radius 3 is 2.85 bits per heavy atom. The summed E-state index contributed by atoms with van der Waals surface area (Å²) in [5.74, 6) is -0.388. The molecule has 0 fully saturated rings. The lowest BCUT2D eigenvalue weighted by molar-refractivity contribution is -0.123. The van der Waals surface area contributed by atoms with Crippen LogP contribution in [0.2, 0.25) is 0 Å². The van der Waals surface area contributed by atoms with E-state index in [4.69, 9.17) is 5.73 Å². The van der Waals surface area contributed by atoms with Gasteiger partial charge in [-0.15, -0.1) is 5.10 Å². The molecule has 0 aliphatic carbocycles. The second-order valence-electron chi connectivity index (χ2n) is 4.62. The molecule has 0 saturated carbocycles. The zero-order valence-electron chi connectivity index (χ0n) is 11.3. The van der Waals surface area contributed by atoms with Crippen LogP contribution in [0.25, 0.3) is 0 Å². The van der Waals surface area contributed by atoms with Gasteiger partial charge in [0.05, 0.1) is 11.9 Å². The zero-order chi connectivity index (χ0) is 14.7. The van der Waals surface area contributed by atoms with Crippen molar-refractivity contribution in [1.29, 1.82) is 0 Å². The van der Waals surface area contributed by atoms with Crippen LogP contribution >= 0.6 is 15.9 Å². The van der Waals surface area contributed by atoms with Crippen LogP contribution in [-0.4, -0.2) is 32.8 Å². The second kappa shape index (κ2) is 6.15. The Bertz CT molecular complexity index is 612. The Balaban J connectivity index is 2.25. The first-order chi connectivity index (χ1) is 9.49. The van der Waals surface area contributed by atoms with Crippen LogP contribution in [0.5, 0.6) is 0 Å². The fraction of sp³-hybridized carbons (Fsp3) is 0.308. The van der Waals surface area contributed by atoms with Crippen molar-refractivity contribution in [2.24, 2.45) is 12.8 Å². The van der Waals surface area contributed by atoms with Gasteiger partial charge >= 0.3 is 0 Å². The Kier molecular flexibility index (Phi) is 4.51. The molecule has 1 amide bonds. The average Bonchev–Trinajstić information content (AvgIpc) is 2.74. The summed E-state index contributed by atoms with van der Waals surface area (Å²) in [4.78, 5) is 13.7. The molecule has 0 radical (unpaired) electrons. The van der Waals surface area contributed by atoms with Gasteiger partial charge < -0.3 is 5.73 Å². The van der Waals surface area contributed by atoms with Crippen molar-refractivity contribution >= 4 is 21.8 Å². The molecule has 0 bridgehead atoms. The highest BCUT2D eigenvalue weighted by molar-refractivity contribution is 9.10. The van der Waals surface area contributed by atoms with Crippen molar-refractivity contribution in [3.05, 3.63) is 46.2 Å². The van der Waals surface area contributed by atoms with E-state index in [1.807, 2.05) is 43.3 Å². The van der Waals surface area contributed by atoms with Crippen molar-refractivity contribution in [3.63, 3.8) is 0 Å².